The number of hydrogen-bond donors (Lipinski definition) is 1. The first-order chi connectivity index (χ1) is 9.15. The highest BCUT2D eigenvalue weighted by atomic mass is 19.1. The summed E-state index contributed by atoms with van der Waals surface area (Å²) in [6.45, 7) is 4.34. The van der Waals surface area contributed by atoms with Crippen LogP contribution in [0.15, 0.2) is 18.3 Å². The molecule has 1 aliphatic rings. The van der Waals surface area contributed by atoms with Crippen molar-refractivity contribution in [1.29, 1.82) is 0 Å². The highest BCUT2D eigenvalue weighted by Gasteiger charge is 2.21. The lowest BCUT2D eigenvalue weighted by molar-refractivity contribution is -0.129. The molecule has 0 atom stereocenters. The molecule has 0 spiro atoms. The van der Waals surface area contributed by atoms with E-state index in [0.29, 0.717) is 31.7 Å². The summed E-state index contributed by atoms with van der Waals surface area (Å²) >= 11 is 0. The number of halogens is 1. The zero-order valence-electron chi connectivity index (χ0n) is 10.7. The lowest BCUT2D eigenvalue weighted by Gasteiger charge is -2.35. The van der Waals surface area contributed by atoms with E-state index in [1.165, 1.54) is 12.1 Å². The lowest BCUT2D eigenvalue weighted by Crippen LogP contribution is -2.48. The first kappa shape index (κ1) is 12.0. The third kappa shape index (κ3) is 2.14. The molecule has 0 saturated carbocycles. The first-order valence-electron chi connectivity index (χ1n) is 6.28. The number of aromatic amines is 1. The van der Waals surface area contributed by atoms with E-state index in [9.17, 15) is 9.18 Å². The van der Waals surface area contributed by atoms with Gasteiger partial charge in [-0.15, -0.1) is 0 Å². The standard InChI is InChI=1S/C13H15FN4O/c1-9(19)17-2-4-18(5-3-17)13-7-10(14)6-12-11(13)8-15-16-12/h6-8H,2-5H2,1H3,(H,15,16). The SMILES string of the molecule is CC(=O)N1CCN(c2cc(F)cc3[nH]ncc23)CC1. The molecule has 19 heavy (non-hydrogen) atoms. The number of carbonyl (C=O) groups is 1. The van der Waals surface area contributed by atoms with Gasteiger partial charge < -0.3 is 9.80 Å². The molecule has 3 rings (SSSR count). The van der Waals surface area contributed by atoms with Gasteiger partial charge in [-0.2, -0.15) is 5.10 Å². The number of carbonyl (C=O) groups excluding carboxylic acids is 1. The lowest BCUT2D eigenvalue weighted by atomic mass is 10.1. The summed E-state index contributed by atoms with van der Waals surface area (Å²) in [5.74, 6) is -0.187. The van der Waals surface area contributed by atoms with Crippen LogP contribution in [0.1, 0.15) is 6.92 Å². The molecule has 0 bridgehead atoms. The highest BCUT2D eigenvalue weighted by Crippen LogP contribution is 2.27. The van der Waals surface area contributed by atoms with Gasteiger partial charge in [0, 0.05) is 38.5 Å². The fourth-order valence-electron chi connectivity index (χ4n) is 2.52. The van der Waals surface area contributed by atoms with E-state index in [2.05, 4.69) is 15.1 Å². The zero-order valence-corrected chi connectivity index (χ0v) is 10.7. The Morgan fingerprint density at radius 3 is 2.74 bits per heavy atom. The van der Waals surface area contributed by atoms with Crippen molar-refractivity contribution in [3.05, 3.63) is 24.1 Å². The smallest absolute Gasteiger partial charge is 0.219 e. The summed E-state index contributed by atoms with van der Waals surface area (Å²) in [7, 11) is 0. The van der Waals surface area contributed by atoms with Crippen molar-refractivity contribution in [3.63, 3.8) is 0 Å². The summed E-state index contributed by atoms with van der Waals surface area (Å²) < 4.78 is 13.6. The fourth-order valence-corrected chi connectivity index (χ4v) is 2.52. The Balaban J connectivity index is 1.89. The van der Waals surface area contributed by atoms with Crippen molar-refractivity contribution in [2.24, 2.45) is 0 Å². The Morgan fingerprint density at radius 1 is 1.32 bits per heavy atom. The molecule has 0 aliphatic carbocycles. The van der Waals surface area contributed by atoms with Gasteiger partial charge in [0.05, 0.1) is 17.4 Å². The molecule has 1 amide bonds. The van der Waals surface area contributed by atoms with Crippen LogP contribution in [0.25, 0.3) is 10.9 Å². The van der Waals surface area contributed by atoms with E-state index >= 15 is 0 Å². The van der Waals surface area contributed by atoms with Crippen LogP contribution in [0.5, 0.6) is 0 Å². The zero-order chi connectivity index (χ0) is 13.4. The van der Waals surface area contributed by atoms with Crippen LogP contribution < -0.4 is 4.90 Å². The first-order valence-corrected chi connectivity index (χ1v) is 6.28. The van der Waals surface area contributed by atoms with Gasteiger partial charge in [0.25, 0.3) is 0 Å². The van der Waals surface area contributed by atoms with Crippen molar-refractivity contribution in [2.75, 3.05) is 31.1 Å². The fraction of sp³-hybridized carbons (Fsp3) is 0.385. The summed E-state index contributed by atoms with van der Waals surface area (Å²) in [6, 6.07) is 2.97. The number of H-pyrrole nitrogens is 1. The third-order valence-electron chi connectivity index (χ3n) is 3.57. The Hall–Kier alpha value is -2.11. The number of amides is 1. The molecular formula is C13H15FN4O. The number of aromatic nitrogens is 2. The van der Waals surface area contributed by atoms with Crippen LogP contribution in [0, 0.1) is 5.82 Å². The molecule has 2 aromatic rings. The quantitative estimate of drug-likeness (QED) is 0.844. The van der Waals surface area contributed by atoms with Gasteiger partial charge in [-0.05, 0) is 12.1 Å². The number of anilines is 1. The predicted octanol–water partition coefficient (Wildman–Crippen LogP) is 1.37. The van der Waals surface area contributed by atoms with Gasteiger partial charge >= 0.3 is 0 Å². The van der Waals surface area contributed by atoms with E-state index in [4.69, 9.17) is 0 Å². The summed E-state index contributed by atoms with van der Waals surface area (Å²) in [4.78, 5) is 15.2. The van der Waals surface area contributed by atoms with E-state index in [1.54, 1.807) is 13.1 Å². The second-order valence-corrected chi connectivity index (χ2v) is 4.75. The van der Waals surface area contributed by atoms with E-state index in [0.717, 1.165) is 11.1 Å². The highest BCUT2D eigenvalue weighted by molar-refractivity contribution is 5.91. The molecule has 1 aliphatic heterocycles. The molecule has 0 radical (unpaired) electrons. The van der Waals surface area contributed by atoms with Gasteiger partial charge in [0.2, 0.25) is 5.91 Å². The van der Waals surface area contributed by atoms with Crippen molar-refractivity contribution in [2.45, 2.75) is 6.92 Å². The van der Waals surface area contributed by atoms with Gasteiger partial charge in [-0.3, -0.25) is 9.89 Å². The number of hydrogen-bond acceptors (Lipinski definition) is 3. The van der Waals surface area contributed by atoms with Crippen LogP contribution in [-0.4, -0.2) is 47.2 Å². The van der Waals surface area contributed by atoms with Crippen molar-refractivity contribution in [3.8, 4) is 0 Å². The second-order valence-electron chi connectivity index (χ2n) is 4.75. The van der Waals surface area contributed by atoms with Crippen molar-refractivity contribution >= 4 is 22.5 Å². The summed E-state index contributed by atoms with van der Waals surface area (Å²) in [5.41, 5.74) is 1.54. The molecule has 1 fully saturated rings. The minimum atomic E-state index is -0.277. The molecule has 1 aromatic carbocycles. The Labute approximate surface area is 110 Å². The molecule has 1 N–H and O–H groups in total. The normalized spacial score (nSPS) is 16.1. The Morgan fingerprint density at radius 2 is 2.05 bits per heavy atom. The second kappa shape index (κ2) is 4.53. The van der Waals surface area contributed by atoms with Crippen LogP contribution >= 0.6 is 0 Å². The Kier molecular flexibility index (Phi) is 2.85. The van der Waals surface area contributed by atoms with E-state index < -0.39 is 0 Å². The maximum atomic E-state index is 13.6. The maximum Gasteiger partial charge on any atom is 0.219 e. The third-order valence-corrected chi connectivity index (χ3v) is 3.57. The van der Waals surface area contributed by atoms with E-state index in [1.807, 2.05) is 4.90 Å². The van der Waals surface area contributed by atoms with Crippen LogP contribution in [0.4, 0.5) is 10.1 Å². The average Bonchev–Trinajstić information content (AvgIpc) is 2.85. The molecule has 100 valence electrons. The number of benzene rings is 1. The maximum absolute atomic E-state index is 13.6. The number of nitrogens with one attached hydrogen (secondary N) is 1. The van der Waals surface area contributed by atoms with E-state index in [-0.39, 0.29) is 11.7 Å². The minimum absolute atomic E-state index is 0.0901. The summed E-state index contributed by atoms with van der Waals surface area (Å²) in [5, 5.41) is 7.66. The van der Waals surface area contributed by atoms with Gasteiger partial charge in [-0.1, -0.05) is 0 Å². The van der Waals surface area contributed by atoms with Crippen molar-refractivity contribution < 1.29 is 9.18 Å². The van der Waals surface area contributed by atoms with Gasteiger partial charge in [0.15, 0.2) is 0 Å². The number of fused-ring (bicyclic) bond motifs is 1. The minimum Gasteiger partial charge on any atom is -0.367 e. The molecular weight excluding hydrogens is 247 g/mol. The van der Waals surface area contributed by atoms with Crippen molar-refractivity contribution in [1.82, 2.24) is 15.1 Å². The molecule has 1 aromatic heterocycles. The van der Waals surface area contributed by atoms with Gasteiger partial charge in [0.1, 0.15) is 5.82 Å². The number of nitrogens with zero attached hydrogens (tertiary/aromatic N) is 3. The molecule has 5 nitrogen and oxygen atoms in total. The number of piperazine rings is 1. The average molecular weight is 262 g/mol. The monoisotopic (exact) mass is 262 g/mol. The Bertz CT molecular complexity index is 616. The van der Waals surface area contributed by atoms with Crippen LogP contribution in [0.3, 0.4) is 0 Å². The van der Waals surface area contributed by atoms with Crippen LogP contribution in [0.2, 0.25) is 0 Å². The molecule has 6 heteroatoms. The number of rotatable bonds is 1. The van der Waals surface area contributed by atoms with Crippen LogP contribution in [-0.2, 0) is 4.79 Å². The molecule has 1 saturated heterocycles. The molecule has 2 heterocycles. The largest absolute Gasteiger partial charge is 0.367 e. The molecule has 0 unspecified atom stereocenters. The topological polar surface area (TPSA) is 52.2 Å². The summed E-state index contributed by atoms with van der Waals surface area (Å²) in [6.07, 6.45) is 1.71. The van der Waals surface area contributed by atoms with Gasteiger partial charge in [-0.25, -0.2) is 4.39 Å². The predicted molar refractivity (Wildman–Crippen MR) is 70.5 cm³/mol.